The molecule has 174 valence electrons. The summed E-state index contributed by atoms with van der Waals surface area (Å²) < 4.78 is 16.1. The van der Waals surface area contributed by atoms with Crippen molar-refractivity contribution in [1.29, 1.82) is 0 Å². The van der Waals surface area contributed by atoms with Crippen LogP contribution in [0.25, 0.3) is 5.69 Å². The van der Waals surface area contributed by atoms with E-state index < -0.39 is 17.6 Å². The molecule has 0 bridgehead atoms. The summed E-state index contributed by atoms with van der Waals surface area (Å²) in [5, 5.41) is 3.17. The molecule has 0 radical (unpaired) electrons. The Morgan fingerprint density at radius 1 is 1.18 bits per heavy atom. The van der Waals surface area contributed by atoms with Gasteiger partial charge in [0.05, 0.1) is 35.7 Å². The second-order valence-corrected chi connectivity index (χ2v) is 8.15. The molecule has 0 fully saturated rings. The van der Waals surface area contributed by atoms with Gasteiger partial charge in [-0.3, -0.25) is 14.2 Å². The number of hydrogen-bond acceptors (Lipinski definition) is 5. The van der Waals surface area contributed by atoms with Crippen molar-refractivity contribution in [2.45, 2.75) is 38.8 Å². The van der Waals surface area contributed by atoms with Crippen molar-refractivity contribution in [3.05, 3.63) is 82.1 Å². The molecule has 0 aliphatic heterocycles. The lowest BCUT2D eigenvalue weighted by Crippen LogP contribution is -2.40. The molecular formula is C24H27ClFN5O2. The Bertz CT molecular complexity index is 1150. The lowest BCUT2D eigenvalue weighted by Gasteiger charge is -2.17. The second kappa shape index (κ2) is 11.2. The van der Waals surface area contributed by atoms with Gasteiger partial charge in [-0.05, 0) is 56.6 Å². The fourth-order valence-corrected chi connectivity index (χ4v) is 3.74. The number of unbranched alkanes of at least 4 members (excludes halogenated alkanes) is 1. The van der Waals surface area contributed by atoms with Crippen LogP contribution in [0.1, 0.15) is 46.7 Å². The van der Waals surface area contributed by atoms with Crippen molar-refractivity contribution in [2.24, 2.45) is 11.5 Å². The third-order valence-electron chi connectivity index (χ3n) is 5.32. The molecule has 7 nitrogen and oxygen atoms in total. The third-order valence-corrected chi connectivity index (χ3v) is 5.56. The number of aromatic nitrogens is 2. The topological polar surface area (TPSA) is 116 Å². The van der Waals surface area contributed by atoms with Gasteiger partial charge >= 0.3 is 0 Å². The number of amides is 1. The summed E-state index contributed by atoms with van der Waals surface area (Å²) in [5.74, 6) is -0.810. The summed E-state index contributed by atoms with van der Waals surface area (Å²) >= 11 is 6.17. The summed E-state index contributed by atoms with van der Waals surface area (Å²) in [6.07, 6.45) is 3.73. The lowest BCUT2D eigenvalue weighted by atomic mass is 10.0. The maximum Gasteiger partial charge on any atom is 0.237 e. The van der Waals surface area contributed by atoms with E-state index in [1.807, 2.05) is 0 Å². The van der Waals surface area contributed by atoms with Gasteiger partial charge in [0.25, 0.3) is 0 Å². The van der Waals surface area contributed by atoms with Crippen molar-refractivity contribution in [3.63, 3.8) is 0 Å². The summed E-state index contributed by atoms with van der Waals surface area (Å²) in [5.41, 5.74) is 12.7. The Hall–Kier alpha value is -3.07. The minimum Gasteiger partial charge on any atom is -0.349 e. The minimum atomic E-state index is -0.636. The summed E-state index contributed by atoms with van der Waals surface area (Å²) in [6, 6.07) is 9.96. The smallest absolute Gasteiger partial charge is 0.237 e. The number of hydrogen-bond donors (Lipinski definition) is 3. The highest BCUT2D eigenvalue weighted by molar-refractivity contribution is 6.31. The molecule has 0 aliphatic rings. The van der Waals surface area contributed by atoms with E-state index in [-0.39, 0.29) is 23.6 Å². The van der Waals surface area contributed by atoms with Gasteiger partial charge in [0, 0.05) is 10.6 Å². The number of nitrogens with two attached hydrogens (primary N) is 2. The van der Waals surface area contributed by atoms with Crippen LogP contribution in [0.5, 0.6) is 0 Å². The summed E-state index contributed by atoms with van der Waals surface area (Å²) in [6.45, 7) is 2.48. The van der Waals surface area contributed by atoms with Crippen LogP contribution in [-0.2, 0) is 11.3 Å². The van der Waals surface area contributed by atoms with Crippen molar-refractivity contribution in [1.82, 2.24) is 14.9 Å². The van der Waals surface area contributed by atoms with Gasteiger partial charge in [0.1, 0.15) is 11.6 Å². The maximum atomic E-state index is 14.3. The first kappa shape index (κ1) is 24.6. The van der Waals surface area contributed by atoms with E-state index in [0.29, 0.717) is 35.2 Å². The molecule has 33 heavy (non-hydrogen) atoms. The molecule has 9 heteroatoms. The van der Waals surface area contributed by atoms with Gasteiger partial charge in [0.15, 0.2) is 5.78 Å². The van der Waals surface area contributed by atoms with Gasteiger partial charge in [-0.15, -0.1) is 0 Å². The number of nitrogens with one attached hydrogen (secondary N) is 1. The molecule has 3 rings (SSSR count). The number of nitrogens with zero attached hydrogens (tertiary/aromatic N) is 2. The molecule has 1 amide bonds. The van der Waals surface area contributed by atoms with Gasteiger partial charge in [-0.2, -0.15) is 0 Å². The number of rotatable bonds is 10. The molecule has 2 aromatic carbocycles. The summed E-state index contributed by atoms with van der Waals surface area (Å²) in [4.78, 5) is 29.9. The standard InChI is InChI=1S/C24H27ClFN5O2/c1-15-29-13-17(14-30-24(33)21(28)8-4-5-11-27)31(15)22-10-9-16(25)12-19(22)23(32)18-6-2-3-7-20(18)26/h2-3,6-7,9-10,12-13,21H,4-5,8,11,14,27-28H2,1H3,(H,30,33). The largest absolute Gasteiger partial charge is 0.349 e. The van der Waals surface area contributed by atoms with Crippen LogP contribution in [-0.4, -0.2) is 33.8 Å². The zero-order valence-corrected chi connectivity index (χ0v) is 19.1. The Balaban J connectivity index is 1.89. The second-order valence-electron chi connectivity index (χ2n) is 7.71. The third kappa shape index (κ3) is 5.84. The first-order chi connectivity index (χ1) is 15.8. The first-order valence-corrected chi connectivity index (χ1v) is 11.1. The fourth-order valence-electron chi connectivity index (χ4n) is 3.57. The van der Waals surface area contributed by atoms with Crippen molar-refractivity contribution >= 4 is 23.3 Å². The first-order valence-electron chi connectivity index (χ1n) is 10.7. The zero-order chi connectivity index (χ0) is 24.0. The van der Waals surface area contributed by atoms with E-state index in [9.17, 15) is 14.0 Å². The maximum absolute atomic E-state index is 14.3. The number of aryl methyl sites for hydroxylation is 1. The van der Waals surface area contributed by atoms with Crippen LogP contribution in [0.2, 0.25) is 5.02 Å². The van der Waals surface area contributed by atoms with Crippen LogP contribution in [0.15, 0.2) is 48.7 Å². The lowest BCUT2D eigenvalue weighted by molar-refractivity contribution is -0.122. The molecule has 3 aromatic rings. The quantitative estimate of drug-likeness (QED) is 0.310. The van der Waals surface area contributed by atoms with Crippen LogP contribution in [0.4, 0.5) is 4.39 Å². The number of carbonyl (C=O) groups is 2. The predicted octanol–water partition coefficient (Wildman–Crippen LogP) is 3.28. The Labute approximate surface area is 196 Å². The fraction of sp³-hybridized carbons (Fsp3) is 0.292. The molecule has 5 N–H and O–H groups in total. The van der Waals surface area contributed by atoms with Crippen molar-refractivity contribution in [3.8, 4) is 5.69 Å². The number of carbonyl (C=O) groups excluding carboxylic acids is 2. The monoisotopic (exact) mass is 471 g/mol. The highest BCUT2D eigenvalue weighted by Crippen LogP contribution is 2.26. The van der Waals surface area contributed by atoms with Crippen LogP contribution in [0.3, 0.4) is 0 Å². The normalized spacial score (nSPS) is 11.9. The molecule has 1 unspecified atom stereocenters. The van der Waals surface area contributed by atoms with Crippen LogP contribution >= 0.6 is 11.6 Å². The van der Waals surface area contributed by atoms with E-state index in [2.05, 4.69) is 10.3 Å². The van der Waals surface area contributed by atoms with Gasteiger partial charge < -0.3 is 16.8 Å². The highest BCUT2D eigenvalue weighted by Gasteiger charge is 2.21. The minimum absolute atomic E-state index is 0.0582. The Morgan fingerprint density at radius 2 is 1.94 bits per heavy atom. The molecule has 1 aromatic heterocycles. The van der Waals surface area contributed by atoms with Gasteiger partial charge in [-0.25, -0.2) is 9.37 Å². The molecular weight excluding hydrogens is 445 g/mol. The molecule has 1 atom stereocenters. The van der Waals surface area contributed by atoms with Crippen molar-refractivity contribution < 1.29 is 14.0 Å². The predicted molar refractivity (Wildman–Crippen MR) is 126 cm³/mol. The number of benzene rings is 2. The van der Waals surface area contributed by atoms with Crippen LogP contribution < -0.4 is 16.8 Å². The van der Waals surface area contributed by atoms with E-state index in [1.165, 1.54) is 24.3 Å². The molecule has 0 spiro atoms. The van der Waals surface area contributed by atoms with Crippen molar-refractivity contribution in [2.75, 3.05) is 6.54 Å². The Kier molecular flexibility index (Phi) is 8.32. The van der Waals surface area contributed by atoms with E-state index >= 15 is 0 Å². The summed E-state index contributed by atoms with van der Waals surface area (Å²) in [7, 11) is 0. The Morgan fingerprint density at radius 3 is 2.67 bits per heavy atom. The molecule has 0 saturated carbocycles. The molecule has 0 aliphatic carbocycles. The number of ketones is 1. The zero-order valence-electron chi connectivity index (χ0n) is 18.4. The average Bonchev–Trinajstić information content (AvgIpc) is 3.17. The SMILES string of the molecule is Cc1ncc(CNC(=O)C(N)CCCCN)n1-c1ccc(Cl)cc1C(=O)c1ccccc1F. The van der Waals surface area contributed by atoms with Gasteiger partial charge in [-0.1, -0.05) is 30.2 Å². The number of imidazole rings is 1. The van der Waals surface area contributed by atoms with E-state index in [0.717, 1.165) is 12.8 Å². The van der Waals surface area contributed by atoms with Crippen LogP contribution in [0, 0.1) is 12.7 Å². The van der Waals surface area contributed by atoms with E-state index in [4.69, 9.17) is 23.1 Å². The van der Waals surface area contributed by atoms with Gasteiger partial charge in [0.2, 0.25) is 5.91 Å². The highest BCUT2D eigenvalue weighted by atomic mass is 35.5. The number of halogens is 2. The molecule has 1 heterocycles. The van der Waals surface area contributed by atoms with E-state index in [1.54, 1.807) is 35.9 Å². The molecule has 0 saturated heterocycles. The average molecular weight is 472 g/mol.